The van der Waals surface area contributed by atoms with E-state index in [1.165, 1.54) is 0 Å². The third-order valence-electron chi connectivity index (χ3n) is 5.63. The van der Waals surface area contributed by atoms with Crippen LogP contribution >= 0.6 is 0 Å². The summed E-state index contributed by atoms with van der Waals surface area (Å²) >= 11 is 0. The topological polar surface area (TPSA) is 166 Å². The average molecular weight is 471 g/mol. The summed E-state index contributed by atoms with van der Waals surface area (Å²) in [7, 11) is -2.81. The number of sulfonamides is 1. The summed E-state index contributed by atoms with van der Waals surface area (Å²) in [5.74, 6) is -0.311. The summed E-state index contributed by atoms with van der Waals surface area (Å²) in [6.45, 7) is 9.46. The van der Waals surface area contributed by atoms with Crippen LogP contribution in [0, 0.1) is 20.8 Å². The van der Waals surface area contributed by atoms with Gasteiger partial charge in [0.25, 0.3) is 10.0 Å². The lowest BCUT2D eigenvalue weighted by atomic mass is 9.94. The summed E-state index contributed by atoms with van der Waals surface area (Å²) in [6, 6.07) is -0.818. The molecule has 1 aromatic carbocycles. The molecule has 1 unspecified atom stereocenters. The van der Waals surface area contributed by atoms with Gasteiger partial charge in [-0.1, -0.05) is 0 Å². The predicted molar refractivity (Wildman–Crippen MR) is 121 cm³/mol. The van der Waals surface area contributed by atoms with Crippen molar-refractivity contribution in [2.45, 2.75) is 76.5 Å². The van der Waals surface area contributed by atoms with Crippen molar-refractivity contribution >= 4 is 22.0 Å². The SMILES string of the molecule is COC(=O)C(O)[C@@H](N)CCCN=C(N)NS(=O)(=O)c1c(C)c(C)c2c(c1C)CC(C)(C)O2. The third kappa shape index (κ3) is 5.51. The molecule has 1 aromatic rings. The number of aliphatic hydroxyl groups excluding tert-OH is 1. The average Bonchev–Trinajstić information content (AvgIpc) is 3.03. The number of ether oxygens (including phenoxy) is 2. The third-order valence-corrected chi connectivity index (χ3v) is 7.25. The van der Waals surface area contributed by atoms with Crippen molar-refractivity contribution in [3.05, 3.63) is 22.3 Å². The first-order valence-corrected chi connectivity index (χ1v) is 11.9. The van der Waals surface area contributed by atoms with Gasteiger partial charge in [-0.25, -0.2) is 17.9 Å². The van der Waals surface area contributed by atoms with Crippen molar-refractivity contribution in [1.82, 2.24) is 4.72 Å². The van der Waals surface area contributed by atoms with E-state index in [0.29, 0.717) is 24.0 Å². The van der Waals surface area contributed by atoms with Gasteiger partial charge in [0.1, 0.15) is 11.4 Å². The highest BCUT2D eigenvalue weighted by atomic mass is 32.2. The molecule has 0 amide bonds. The van der Waals surface area contributed by atoms with Crippen molar-refractivity contribution in [3.63, 3.8) is 0 Å². The fraction of sp³-hybridized carbons (Fsp3) is 0.619. The lowest BCUT2D eigenvalue weighted by molar-refractivity contribution is -0.151. The summed E-state index contributed by atoms with van der Waals surface area (Å²) in [5, 5.41) is 9.69. The van der Waals surface area contributed by atoms with E-state index in [0.717, 1.165) is 24.0 Å². The number of nitrogens with two attached hydrogens (primary N) is 2. The van der Waals surface area contributed by atoms with Crippen LogP contribution in [0.25, 0.3) is 0 Å². The molecule has 0 aliphatic carbocycles. The van der Waals surface area contributed by atoms with Gasteiger partial charge in [0.2, 0.25) is 5.96 Å². The molecule has 0 saturated carbocycles. The zero-order valence-corrected chi connectivity index (χ0v) is 20.3. The number of aliphatic hydroxyl groups is 1. The van der Waals surface area contributed by atoms with Gasteiger partial charge in [0.15, 0.2) is 6.10 Å². The van der Waals surface area contributed by atoms with Gasteiger partial charge in [-0.15, -0.1) is 0 Å². The van der Waals surface area contributed by atoms with E-state index in [1.807, 2.05) is 20.8 Å². The Labute approximate surface area is 189 Å². The first kappa shape index (κ1) is 25.9. The second-order valence-corrected chi connectivity index (χ2v) is 10.3. The van der Waals surface area contributed by atoms with Gasteiger partial charge in [-0.05, 0) is 64.2 Å². The molecular formula is C21H34N4O6S. The minimum Gasteiger partial charge on any atom is -0.487 e. The molecule has 1 aliphatic heterocycles. The van der Waals surface area contributed by atoms with Gasteiger partial charge in [0.05, 0.1) is 12.0 Å². The summed E-state index contributed by atoms with van der Waals surface area (Å²) < 4.78 is 39.1. The number of carbonyl (C=O) groups is 1. The summed E-state index contributed by atoms with van der Waals surface area (Å²) in [6.07, 6.45) is -0.153. The van der Waals surface area contributed by atoms with E-state index < -0.39 is 33.7 Å². The molecule has 10 nitrogen and oxygen atoms in total. The van der Waals surface area contributed by atoms with Gasteiger partial charge in [-0.2, -0.15) is 0 Å². The Morgan fingerprint density at radius 3 is 2.50 bits per heavy atom. The Morgan fingerprint density at radius 2 is 1.91 bits per heavy atom. The van der Waals surface area contributed by atoms with Crippen molar-refractivity contribution in [2.75, 3.05) is 13.7 Å². The highest BCUT2D eigenvalue weighted by Crippen LogP contribution is 2.43. The minimum atomic E-state index is -3.97. The maximum absolute atomic E-state index is 13.1. The Hall–Kier alpha value is -2.37. The largest absolute Gasteiger partial charge is 0.487 e. The van der Waals surface area contributed by atoms with Crippen LogP contribution in [0.2, 0.25) is 0 Å². The van der Waals surface area contributed by atoms with Gasteiger partial charge in [0, 0.05) is 24.6 Å². The Kier molecular flexibility index (Phi) is 7.79. The molecule has 2 rings (SSSR count). The zero-order chi connectivity index (χ0) is 24.4. The van der Waals surface area contributed by atoms with E-state index in [4.69, 9.17) is 16.2 Å². The predicted octanol–water partition coefficient (Wildman–Crippen LogP) is 0.560. The zero-order valence-electron chi connectivity index (χ0n) is 19.5. The van der Waals surface area contributed by atoms with E-state index in [1.54, 1.807) is 13.8 Å². The van der Waals surface area contributed by atoms with E-state index >= 15 is 0 Å². The number of rotatable bonds is 8. The van der Waals surface area contributed by atoms with Gasteiger partial charge in [-0.3, -0.25) is 4.99 Å². The molecule has 0 aromatic heterocycles. The Balaban J connectivity index is 2.12. The normalized spacial score (nSPS) is 17.3. The van der Waals surface area contributed by atoms with E-state index in [9.17, 15) is 18.3 Å². The molecule has 6 N–H and O–H groups in total. The molecule has 0 spiro atoms. The number of carbonyl (C=O) groups excluding carboxylic acids is 1. The van der Waals surface area contributed by atoms with Crippen LogP contribution in [0.15, 0.2) is 9.89 Å². The van der Waals surface area contributed by atoms with Crippen LogP contribution in [-0.4, -0.2) is 56.9 Å². The second kappa shape index (κ2) is 9.63. The number of fused-ring (bicyclic) bond motifs is 1. The van der Waals surface area contributed by atoms with Crippen LogP contribution in [0.4, 0.5) is 0 Å². The molecule has 0 fully saturated rings. The molecular weight excluding hydrogens is 436 g/mol. The van der Waals surface area contributed by atoms with Crippen molar-refractivity contribution in [3.8, 4) is 5.75 Å². The minimum absolute atomic E-state index is 0.166. The molecule has 32 heavy (non-hydrogen) atoms. The second-order valence-electron chi connectivity index (χ2n) is 8.70. The number of aliphatic imine (C=N–C) groups is 1. The van der Waals surface area contributed by atoms with Crippen LogP contribution in [0.5, 0.6) is 5.75 Å². The number of nitrogens with one attached hydrogen (secondary N) is 1. The van der Waals surface area contributed by atoms with Crippen LogP contribution < -0.4 is 20.9 Å². The molecule has 11 heteroatoms. The number of hydrogen-bond acceptors (Lipinski definition) is 8. The highest BCUT2D eigenvalue weighted by molar-refractivity contribution is 7.90. The number of esters is 1. The van der Waals surface area contributed by atoms with Crippen LogP contribution in [0.1, 0.15) is 48.9 Å². The Bertz CT molecular complexity index is 1020. The molecule has 180 valence electrons. The molecule has 1 heterocycles. The van der Waals surface area contributed by atoms with Crippen molar-refractivity contribution in [1.29, 1.82) is 0 Å². The van der Waals surface area contributed by atoms with Crippen LogP contribution in [0.3, 0.4) is 0 Å². The van der Waals surface area contributed by atoms with E-state index in [-0.39, 0.29) is 23.8 Å². The molecule has 0 bridgehead atoms. The lowest BCUT2D eigenvalue weighted by Crippen LogP contribution is -2.41. The maximum atomic E-state index is 13.1. The number of hydrogen-bond donors (Lipinski definition) is 4. The number of benzene rings is 1. The first-order chi connectivity index (χ1) is 14.7. The van der Waals surface area contributed by atoms with E-state index in [2.05, 4.69) is 14.5 Å². The van der Waals surface area contributed by atoms with Crippen LogP contribution in [-0.2, 0) is 26.0 Å². The van der Waals surface area contributed by atoms with Gasteiger partial charge < -0.3 is 26.0 Å². The van der Waals surface area contributed by atoms with Gasteiger partial charge >= 0.3 is 5.97 Å². The lowest BCUT2D eigenvalue weighted by Gasteiger charge is -2.19. The number of nitrogens with zero attached hydrogens (tertiary/aromatic N) is 1. The smallest absolute Gasteiger partial charge is 0.336 e. The monoisotopic (exact) mass is 470 g/mol. The van der Waals surface area contributed by atoms with Crippen molar-refractivity contribution in [2.24, 2.45) is 16.5 Å². The fourth-order valence-corrected chi connectivity index (χ4v) is 5.37. The summed E-state index contributed by atoms with van der Waals surface area (Å²) in [4.78, 5) is 15.5. The maximum Gasteiger partial charge on any atom is 0.336 e. The standard InChI is InChI=1S/C21H34N4O6S/c1-11-12(2)18(13(3)14-10-21(4,5)31-17(11)14)32(28,29)25-20(23)24-9-7-8-15(22)16(26)19(27)30-6/h15-16,26H,7-10,22H2,1-6H3,(H3,23,24,25)/t15-,16?/m0/s1. The molecule has 2 atom stereocenters. The molecule has 0 saturated heterocycles. The molecule has 1 aliphatic rings. The highest BCUT2D eigenvalue weighted by Gasteiger charge is 2.36. The Morgan fingerprint density at radius 1 is 1.28 bits per heavy atom. The first-order valence-electron chi connectivity index (χ1n) is 10.4. The quantitative estimate of drug-likeness (QED) is 0.185. The van der Waals surface area contributed by atoms with Crippen molar-refractivity contribution < 1.29 is 27.8 Å². The number of methoxy groups -OCH3 is 1. The fourth-order valence-electron chi connectivity index (χ4n) is 3.85. The number of guanidine groups is 1. The summed E-state index contributed by atoms with van der Waals surface area (Å²) in [5.41, 5.74) is 14.1. The molecule has 0 radical (unpaired) electrons.